The molecule has 0 atom stereocenters. The quantitative estimate of drug-likeness (QED) is 0.506. The highest BCUT2D eigenvalue weighted by molar-refractivity contribution is 6.02. The Balaban J connectivity index is 1.87. The largest absolute Gasteiger partial charge is 0.497 e. The van der Waals surface area contributed by atoms with E-state index in [1.165, 1.54) is 16.3 Å². The van der Waals surface area contributed by atoms with Crippen LogP contribution in [0.1, 0.15) is 36.7 Å². The van der Waals surface area contributed by atoms with Gasteiger partial charge in [0.15, 0.2) is 0 Å². The first-order valence-electron chi connectivity index (χ1n) is 10.9. The van der Waals surface area contributed by atoms with E-state index in [-0.39, 0.29) is 11.3 Å². The topological polar surface area (TPSA) is 87.3 Å². The molecular weight excluding hydrogens is 432 g/mol. The van der Waals surface area contributed by atoms with E-state index < -0.39 is 11.2 Å². The number of benzene rings is 2. The van der Waals surface area contributed by atoms with Gasteiger partial charge in [-0.15, -0.1) is 0 Å². The Labute approximate surface area is 197 Å². The fourth-order valence-corrected chi connectivity index (χ4v) is 3.96. The van der Waals surface area contributed by atoms with Gasteiger partial charge in [-0.1, -0.05) is 32.9 Å². The molecule has 0 radical (unpaired) electrons. The molecule has 0 bridgehead atoms. The van der Waals surface area contributed by atoms with E-state index in [1.54, 1.807) is 56.8 Å². The Kier molecular flexibility index (Phi) is 5.69. The molecule has 0 spiro atoms. The number of rotatable bonds is 4. The number of carbonyl (C=O) groups excluding carboxylic acids is 1. The second-order valence-electron chi connectivity index (χ2n) is 9.31. The molecule has 0 saturated carbocycles. The van der Waals surface area contributed by atoms with E-state index in [0.29, 0.717) is 33.5 Å². The van der Waals surface area contributed by atoms with E-state index in [1.807, 2.05) is 12.1 Å². The number of fused-ring (bicyclic) bond motifs is 1. The van der Waals surface area contributed by atoms with E-state index in [9.17, 15) is 14.4 Å². The van der Waals surface area contributed by atoms with Crippen LogP contribution < -0.4 is 21.4 Å². The molecule has 4 rings (SSSR count). The SMILES string of the molecule is COc1ccc(-c2c3c(=O)n(C)c(=O)n(C)c3cn2NC(=O)c2ccc(C(C)(C)C)cc2)cc1. The molecule has 0 unspecified atom stereocenters. The zero-order valence-corrected chi connectivity index (χ0v) is 20.2. The van der Waals surface area contributed by atoms with Crippen molar-refractivity contribution >= 4 is 16.8 Å². The molecule has 0 saturated heterocycles. The molecule has 4 aromatic rings. The van der Waals surface area contributed by atoms with Crippen molar-refractivity contribution in [3.63, 3.8) is 0 Å². The van der Waals surface area contributed by atoms with Crippen LogP contribution in [-0.4, -0.2) is 26.8 Å². The summed E-state index contributed by atoms with van der Waals surface area (Å²) in [7, 11) is 4.61. The van der Waals surface area contributed by atoms with Crippen LogP contribution in [0.2, 0.25) is 0 Å². The maximum atomic E-state index is 13.1. The molecule has 0 aliphatic heterocycles. The summed E-state index contributed by atoms with van der Waals surface area (Å²) in [6.45, 7) is 6.33. The summed E-state index contributed by atoms with van der Waals surface area (Å²) < 4.78 is 9.21. The van der Waals surface area contributed by atoms with Crippen molar-refractivity contribution in [2.45, 2.75) is 26.2 Å². The van der Waals surface area contributed by atoms with Crippen molar-refractivity contribution < 1.29 is 9.53 Å². The Morgan fingerprint density at radius 1 is 0.912 bits per heavy atom. The number of hydrogen-bond donors (Lipinski definition) is 1. The van der Waals surface area contributed by atoms with Gasteiger partial charge in [0, 0.05) is 25.2 Å². The molecule has 0 aliphatic carbocycles. The highest BCUT2D eigenvalue weighted by Crippen LogP contribution is 2.29. The minimum absolute atomic E-state index is 0.0282. The Hall–Kier alpha value is -4.07. The van der Waals surface area contributed by atoms with Crippen LogP contribution >= 0.6 is 0 Å². The fourth-order valence-electron chi connectivity index (χ4n) is 3.96. The van der Waals surface area contributed by atoms with E-state index in [2.05, 4.69) is 26.2 Å². The first kappa shape index (κ1) is 23.1. The summed E-state index contributed by atoms with van der Waals surface area (Å²) in [4.78, 5) is 38.8. The molecule has 0 fully saturated rings. The summed E-state index contributed by atoms with van der Waals surface area (Å²) in [5.74, 6) is 0.326. The number of amides is 1. The van der Waals surface area contributed by atoms with Gasteiger partial charge >= 0.3 is 5.69 Å². The molecule has 8 heteroatoms. The molecule has 2 aromatic heterocycles. The van der Waals surface area contributed by atoms with E-state index in [0.717, 1.165) is 10.1 Å². The van der Waals surface area contributed by atoms with Gasteiger partial charge < -0.3 is 4.74 Å². The summed E-state index contributed by atoms with van der Waals surface area (Å²) in [6, 6.07) is 14.6. The predicted octanol–water partition coefficient (Wildman–Crippen LogP) is 3.40. The Morgan fingerprint density at radius 3 is 2.09 bits per heavy atom. The maximum Gasteiger partial charge on any atom is 0.330 e. The molecule has 2 aromatic carbocycles. The highest BCUT2D eigenvalue weighted by atomic mass is 16.5. The molecule has 1 N–H and O–H groups in total. The lowest BCUT2D eigenvalue weighted by Gasteiger charge is -2.19. The second kappa shape index (κ2) is 8.37. The molecule has 8 nitrogen and oxygen atoms in total. The smallest absolute Gasteiger partial charge is 0.330 e. The third kappa shape index (κ3) is 3.91. The molecule has 1 amide bonds. The number of ether oxygens (including phenoxy) is 1. The van der Waals surface area contributed by atoms with Gasteiger partial charge in [0.1, 0.15) is 5.75 Å². The van der Waals surface area contributed by atoms with Gasteiger partial charge in [-0.05, 0) is 47.4 Å². The maximum absolute atomic E-state index is 13.1. The van der Waals surface area contributed by atoms with Gasteiger partial charge in [0.05, 0.1) is 29.9 Å². The van der Waals surface area contributed by atoms with Gasteiger partial charge in [0.25, 0.3) is 11.5 Å². The van der Waals surface area contributed by atoms with Crippen molar-refractivity contribution in [1.29, 1.82) is 0 Å². The van der Waals surface area contributed by atoms with Crippen LogP contribution in [-0.2, 0) is 19.5 Å². The first-order valence-corrected chi connectivity index (χ1v) is 10.9. The number of nitrogens with zero attached hydrogens (tertiary/aromatic N) is 3. The van der Waals surface area contributed by atoms with Crippen molar-refractivity contribution in [1.82, 2.24) is 13.8 Å². The zero-order chi connectivity index (χ0) is 24.8. The average molecular weight is 461 g/mol. The number of aryl methyl sites for hydroxylation is 1. The molecule has 2 heterocycles. The zero-order valence-electron chi connectivity index (χ0n) is 20.2. The van der Waals surface area contributed by atoms with Crippen LogP contribution in [0.5, 0.6) is 5.75 Å². The van der Waals surface area contributed by atoms with Crippen molar-refractivity contribution in [2.75, 3.05) is 12.5 Å². The molecule has 34 heavy (non-hydrogen) atoms. The van der Waals surface area contributed by atoms with Crippen molar-refractivity contribution in [2.24, 2.45) is 14.1 Å². The lowest BCUT2D eigenvalue weighted by Crippen LogP contribution is -2.36. The van der Waals surface area contributed by atoms with Crippen molar-refractivity contribution in [3.05, 3.63) is 86.7 Å². The van der Waals surface area contributed by atoms with Gasteiger partial charge in [-0.2, -0.15) is 0 Å². The fraction of sp³-hybridized carbons (Fsp3) is 0.269. The lowest BCUT2D eigenvalue weighted by atomic mass is 9.87. The third-order valence-electron chi connectivity index (χ3n) is 6.04. The molecule has 176 valence electrons. The van der Waals surface area contributed by atoms with Crippen LogP contribution in [0.3, 0.4) is 0 Å². The summed E-state index contributed by atoms with van der Waals surface area (Å²) in [5.41, 5.74) is 5.15. The van der Waals surface area contributed by atoms with E-state index >= 15 is 0 Å². The summed E-state index contributed by atoms with van der Waals surface area (Å²) >= 11 is 0. The summed E-state index contributed by atoms with van der Waals surface area (Å²) in [5, 5.41) is 0.332. The minimum Gasteiger partial charge on any atom is -0.497 e. The molecular formula is C26H28N4O4. The van der Waals surface area contributed by atoms with Crippen LogP contribution in [0.4, 0.5) is 0 Å². The number of hydrogen-bond acceptors (Lipinski definition) is 4. The second-order valence-corrected chi connectivity index (χ2v) is 9.31. The minimum atomic E-state index is -0.444. The first-order chi connectivity index (χ1) is 16.0. The standard InChI is InChI=1S/C26H28N4O4/c1-26(2,3)18-11-7-17(8-12-18)23(31)27-30-15-20-21(24(32)29(5)25(33)28(20)4)22(30)16-9-13-19(34-6)14-10-16/h7-15H,1-6H3,(H,27,31). The number of carbonyl (C=O) groups is 1. The number of aromatic nitrogens is 3. The van der Waals surface area contributed by atoms with Crippen molar-refractivity contribution in [3.8, 4) is 17.0 Å². The van der Waals surface area contributed by atoms with Gasteiger partial charge in [0.2, 0.25) is 0 Å². The Bertz CT molecular complexity index is 1500. The predicted molar refractivity (Wildman–Crippen MR) is 133 cm³/mol. The van der Waals surface area contributed by atoms with Crippen LogP contribution in [0.25, 0.3) is 22.2 Å². The summed E-state index contributed by atoms with van der Waals surface area (Å²) in [6.07, 6.45) is 1.60. The number of nitrogens with one attached hydrogen (secondary N) is 1. The molecule has 0 aliphatic rings. The monoisotopic (exact) mass is 460 g/mol. The van der Waals surface area contributed by atoms with Crippen LogP contribution in [0, 0.1) is 0 Å². The highest BCUT2D eigenvalue weighted by Gasteiger charge is 2.21. The Morgan fingerprint density at radius 2 is 1.53 bits per heavy atom. The van der Waals surface area contributed by atoms with Gasteiger partial charge in [-0.25, -0.2) is 4.79 Å². The third-order valence-corrected chi connectivity index (χ3v) is 6.04. The van der Waals surface area contributed by atoms with E-state index in [4.69, 9.17) is 4.74 Å². The lowest BCUT2D eigenvalue weighted by molar-refractivity contribution is 0.101. The van der Waals surface area contributed by atoms with Crippen LogP contribution in [0.15, 0.2) is 64.3 Å². The normalized spacial score (nSPS) is 11.6. The number of methoxy groups -OCH3 is 1. The van der Waals surface area contributed by atoms with Gasteiger partial charge in [-0.3, -0.25) is 28.8 Å². The average Bonchev–Trinajstić information content (AvgIpc) is 3.20.